The Balaban J connectivity index is 1.85. The van der Waals surface area contributed by atoms with Crippen molar-refractivity contribution in [2.24, 2.45) is 4.99 Å². The standard InChI is InChI=1S/C24H16ClFN2O5/c1-32-20-4-2-3-14-11-17(22(29)27-16-9-10-19(26)18(25)12-16)23(33-21(14)20)28-15-7-5-13(6-8-15)24(30)31/h2-12H,1H3,(H,27,29)(H,30,31). The van der Waals surface area contributed by atoms with Gasteiger partial charge in [0.25, 0.3) is 5.91 Å². The smallest absolute Gasteiger partial charge is 0.335 e. The van der Waals surface area contributed by atoms with Gasteiger partial charge in [0.05, 0.1) is 23.4 Å². The van der Waals surface area contributed by atoms with E-state index in [1.165, 1.54) is 43.5 Å². The van der Waals surface area contributed by atoms with Gasteiger partial charge in [0.15, 0.2) is 11.3 Å². The molecule has 166 valence electrons. The lowest BCUT2D eigenvalue weighted by Gasteiger charge is -2.09. The van der Waals surface area contributed by atoms with E-state index in [9.17, 15) is 14.0 Å². The first kappa shape index (κ1) is 22.0. The molecule has 0 aliphatic heterocycles. The third kappa shape index (κ3) is 4.70. The Kier molecular flexibility index (Phi) is 6.10. The molecular weight excluding hydrogens is 451 g/mol. The molecule has 4 aromatic rings. The van der Waals surface area contributed by atoms with Crippen LogP contribution in [0.25, 0.3) is 11.0 Å². The van der Waals surface area contributed by atoms with E-state index in [-0.39, 0.29) is 27.4 Å². The van der Waals surface area contributed by atoms with Gasteiger partial charge in [0, 0.05) is 11.1 Å². The third-order valence-corrected chi connectivity index (χ3v) is 5.01. The highest BCUT2D eigenvalue weighted by Gasteiger charge is 2.16. The molecule has 33 heavy (non-hydrogen) atoms. The van der Waals surface area contributed by atoms with Gasteiger partial charge in [-0.2, -0.15) is 0 Å². The maximum absolute atomic E-state index is 13.5. The lowest BCUT2D eigenvalue weighted by Crippen LogP contribution is -2.21. The van der Waals surface area contributed by atoms with Crippen molar-refractivity contribution in [3.63, 3.8) is 0 Å². The van der Waals surface area contributed by atoms with Crippen LogP contribution in [0, 0.1) is 5.82 Å². The SMILES string of the molecule is COc1cccc2cc(C(=O)Nc3ccc(F)c(Cl)c3)c(=Nc3ccc(C(=O)O)cc3)oc12. The van der Waals surface area contributed by atoms with Gasteiger partial charge in [-0.1, -0.05) is 23.7 Å². The van der Waals surface area contributed by atoms with Gasteiger partial charge in [-0.3, -0.25) is 4.79 Å². The second kappa shape index (κ2) is 9.13. The lowest BCUT2D eigenvalue weighted by molar-refractivity contribution is 0.0696. The van der Waals surface area contributed by atoms with Crippen molar-refractivity contribution in [3.05, 3.63) is 94.3 Å². The number of methoxy groups -OCH3 is 1. The first-order chi connectivity index (χ1) is 15.9. The van der Waals surface area contributed by atoms with E-state index < -0.39 is 17.7 Å². The number of fused-ring (bicyclic) bond motifs is 1. The zero-order valence-electron chi connectivity index (χ0n) is 17.1. The number of nitrogens with one attached hydrogen (secondary N) is 1. The quantitative estimate of drug-likeness (QED) is 0.409. The molecule has 0 aliphatic rings. The van der Waals surface area contributed by atoms with Gasteiger partial charge in [-0.25, -0.2) is 14.2 Å². The van der Waals surface area contributed by atoms with Crippen molar-refractivity contribution in [1.29, 1.82) is 0 Å². The molecule has 0 saturated carbocycles. The molecule has 2 N–H and O–H groups in total. The van der Waals surface area contributed by atoms with Crippen molar-refractivity contribution < 1.29 is 28.2 Å². The molecule has 0 unspecified atom stereocenters. The molecule has 1 heterocycles. The Morgan fingerprint density at radius 3 is 2.52 bits per heavy atom. The molecule has 9 heteroatoms. The fourth-order valence-corrected chi connectivity index (χ4v) is 3.28. The second-order valence-electron chi connectivity index (χ2n) is 6.89. The summed E-state index contributed by atoms with van der Waals surface area (Å²) in [5.41, 5.74) is 1.20. The number of para-hydroxylation sites is 1. The largest absolute Gasteiger partial charge is 0.493 e. The summed E-state index contributed by atoms with van der Waals surface area (Å²) in [4.78, 5) is 28.6. The van der Waals surface area contributed by atoms with Crippen LogP contribution in [0.5, 0.6) is 5.75 Å². The summed E-state index contributed by atoms with van der Waals surface area (Å²) >= 11 is 5.81. The highest BCUT2D eigenvalue weighted by atomic mass is 35.5. The van der Waals surface area contributed by atoms with E-state index in [1.807, 2.05) is 0 Å². The van der Waals surface area contributed by atoms with Crippen molar-refractivity contribution in [3.8, 4) is 5.75 Å². The number of carbonyl (C=O) groups is 2. The first-order valence-electron chi connectivity index (χ1n) is 9.61. The topological polar surface area (TPSA) is 101 Å². The maximum Gasteiger partial charge on any atom is 0.335 e. The zero-order chi connectivity index (χ0) is 23.5. The summed E-state index contributed by atoms with van der Waals surface area (Å²) in [6.45, 7) is 0. The molecule has 4 rings (SSSR count). The number of ether oxygens (including phenoxy) is 1. The minimum absolute atomic E-state index is 0.0271. The van der Waals surface area contributed by atoms with Crippen LogP contribution in [0.1, 0.15) is 20.7 Å². The highest BCUT2D eigenvalue weighted by molar-refractivity contribution is 6.31. The molecule has 0 aliphatic carbocycles. The Morgan fingerprint density at radius 1 is 1.09 bits per heavy atom. The summed E-state index contributed by atoms with van der Waals surface area (Å²) in [7, 11) is 1.49. The molecule has 0 atom stereocenters. The molecule has 7 nitrogen and oxygen atoms in total. The first-order valence-corrected chi connectivity index (χ1v) is 9.99. The van der Waals surface area contributed by atoms with E-state index in [2.05, 4.69) is 10.3 Å². The summed E-state index contributed by atoms with van der Waals surface area (Å²) in [5.74, 6) is -1.79. The number of halogens is 2. The van der Waals surface area contributed by atoms with E-state index >= 15 is 0 Å². The number of hydrogen-bond acceptors (Lipinski definition) is 5. The minimum Gasteiger partial charge on any atom is -0.493 e. The molecule has 3 aromatic carbocycles. The van der Waals surface area contributed by atoms with Crippen LogP contribution in [-0.4, -0.2) is 24.1 Å². The number of carboxylic acid groups (broad SMARTS) is 1. The number of aromatic carboxylic acids is 1. The number of anilines is 1. The summed E-state index contributed by atoms with van der Waals surface area (Å²) in [6.07, 6.45) is 0. The summed E-state index contributed by atoms with van der Waals surface area (Å²) < 4.78 is 24.8. The fourth-order valence-electron chi connectivity index (χ4n) is 3.10. The zero-order valence-corrected chi connectivity index (χ0v) is 17.9. The Hall–Kier alpha value is -4.17. The number of benzene rings is 3. The van der Waals surface area contributed by atoms with Crippen molar-refractivity contribution in [2.75, 3.05) is 12.4 Å². The van der Waals surface area contributed by atoms with Crippen LogP contribution in [0.3, 0.4) is 0 Å². The number of hydrogen-bond donors (Lipinski definition) is 2. The highest BCUT2D eigenvalue weighted by Crippen LogP contribution is 2.26. The number of carbonyl (C=O) groups excluding carboxylic acids is 1. The summed E-state index contributed by atoms with van der Waals surface area (Å²) in [5, 5.41) is 12.2. The molecule has 0 fully saturated rings. The second-order valence-corrected chi connectivity index (χ2v) is 7.30. The predicted molar refractivity (Wildman–Crippen MR) is 121 cm³/mol. The molecule has 0 spiro atoms. The average Bonchev–Trinajstić information content (AvgIpc) is 2.81. The molecular formula is C24H16ClFN2O5. The van der Waals surface area contributed by atoms with E-state index in [0.29, 0.717) is 22.4 Å². The molecule has 1 aromatic heterocycles. The van der Waals surface area contributed by atoms with Crippen molar-refractivity contribution in [1.82, 2.24) is 0 Å². The third-order valence-electron chi connectivity index (χ3n) is 4.73. The number of nitrogens with zero attached hydrogens (tertiary/aromatic N) is 1. The number of amides is 1. The average molecular weight is 467 g/mol. The van der Waals surface area contributed by atoms with Crippen molar-refractivity contribution in [2.45, 2.75) is 0 Å². The minimum atomic E-state index is -1.07. The predicted octanol–water partition coefficient (Wildman–Crippen LogP) is 5.42. The van der Waals surface area contributed by atoms with Crippen molar-refractivity contribution >= 4 is 45.8 Å². The van der Waals surface area contributed by atoms with Gasteiger partial charge >= 0.3 is 5.97 Å². The molecule has 0 bridgehead atoms. The van der Waals surface area contributed by atoms with Gasteiger partial charge in [-0.05, 0) is 54.6 Å². The van der Waals surface area contributed by atoms with E-state index in [0.717, 1.165) is 6.07 Å². The van der Waals surface area contributed by atoms with Gasteiger partial charge in [-0.15, -0.1) is 0 Å². The van der Waals surface area contributed by atoms with Crippen LogP contribution >= 0.6 is 11.6 Å². The number of carboxylic acids is 1. The van der Waals surface area contributed by atoms with Crippen LogP contribution < -0.4 is 15.6 Å². The molecule has 0 radical (unpaired) electrons. The van der Waals surface area contributed by atoms with Crippen LogP contribution in [-0.2, 0) is 0 Å². The van der Waals surface area contributed by atoms with E-state index in [1.54, 1.807) is 24.3 Å². The monoisotopic (exact) mass is 466 g/mol. The van der Waals surface area contributed by atoms with Crippen LogP contribution in [0.15, 0.2) is 76.1 Å². The van der Waals surface area contributed by atoms with Gasteiger partial charge in [0.1, 0.15) is 11.4 Å². The summed E-state index contributed by atoms with van der Waals surface area (Å²) in [6, 6.07) is 16.4. The maximum atomic E-state index is 13.5. The van der Waals surface area contributed by atoms with Gasteiger partial charge in [0.2, 0.25) is 5.55 Å². The fraction of sp³-hybridized carbons (Fsp3) is 0.0417. The van der Waals surface area contributed by atoms with Crippen LogP contribution in [0.4, 0.5) is 15.8 Å². The Labute approximate surface area is 191 Å². The Morgan fingerprint density at radius 2 is 1.85 bits per heavy atom. The normalized spacial score (nSPS) is 11.4. The van der Waals surface area contributed by atoms with E-state index in [4.69, 9.17) is 25.9 Å². The number of rotatable bonds is 5. The molecule has 1 amide bonds. The molecule has 0 saturated heterocycles. The van der Waals surface area contributed by atoms with Crippen LogP contribution in [0.2, 0.25) is 5.02 Å². The Bertz CT molecular complexity index is 1450. The lowest BCUT2D eigenvalue weighted by atomic mass is 10.1. The van der Waals surface area contributed by atoms with Gasteiger partial charge < -0.3 is 19.6 Å².